The topological polar surface area (TPSA) is 38.8 Å². The van der Waals surface area contributed by atoms with Gasteiger partial charge in [0.1, 0.15) is 11.5 Å². The Kier molecular flexibility index (Phi) is 4.18. The highest BCUT2D eigenvalue weighted by Gasteiger charge is 2.16. The van der Waals surface area contributed by atoms with Crippen molar-refractivity contribution >= 4 is 26.4 Å². The summed E-state index contributed by atoms with van der Waals surface area (Å²) < 4.78 is 10.4. The molecular formula is C11H14BrNO3. The highest BCUT2D eigenvalue weighted by Crippen LogP contribution is 2.36. The van der Waals surface area contributed by atoms with Crippen molar-refractivity contribution in [3.05, 3.63) is 17.7 Å². The largest absolute Gasteiger partial charge is 0.497 e. The van der Waals surface area contributed by atoms with Crippen LogP contribution >= 0.6 is 15.9 Å². The first-order chi connectivity index (χ1) is 7.51. The van der Waals surface area contributed by atoms with Gasteiger partial charge >= 0.3 is 0 Å². The lowest BCUT2D eigenvalue weighted by atomic mass is 10.1. The van der Waals surface area contributed by atoms with Crippen LogP contribution in [0.2, 0.25) is 0 Å². The smallest absolute Gasteiger partial charge is 0.293 e. The van der Waals surface area contributed by atoms with E-state index in [9.17, 15) is 4.79 Å². The number of hydrogen-bond donors (Lipinski definition) is 0. The molecule has 0 saturated heterocycles. The fraction of sp³-hybridized carbons (Fsp3) is 0.364. The first kappa shape index (κ1) is 12.8. The van der Waals surface area contributed by atoms with Crippen LogP contribution in [0.5, 0.6) is 11.5 Å². The first-order valence-electron chi connectivity index (χ1n) is 4.67. The van der Waals surface area contributed by atoms with E-state index in [0.29, 0.717) is 11.5 Å². The number of nitrogens with zero attached hydrogens (tertiary/aromatic N) is 1. The summed E-state index contributed by atoms with van der Waals surface area (Å²) in [4.78, 5) is 12.5. The van der Waals surface area contributed by atoms with Gasteiger partial charge in [0.05, 0.1) is 19.9 Å². The average Bonchev–Trinajstić information content (AvgIpc) is 2.26. The van der Waals surface area contributed by atoms with Crippen LogP contribution in [-0.2, 0) is 0 Å². The van der Waals surface area contributed by atoms with Gasteiger partial charge < -0.3 is 14.4 Å². The monoisotopic (exact) mass is 287 g/mol. The molecule has 0 spiro atoms. The molecule has 0 atom stereocenters. The second-order valence-electron chi connectivity index (χ2n) is 3.31. The molecule has 0 aliphatic heterocycles. The number of benzene rings is 1. The average molecular weight is 288 g/mol. The molecule has 0 unspecified atom stereocenters. The lowest BCUT2D eigenvalue weighted by Crippen LogP contribution is -2.21. The van der Waals surface area contributed by atoms with Crippen molar-refractivity contribution in [1.82, 2.24) is 0 Å². The molecule has 16 heavy (non-hydrogen) atoms. The Bertz CT molecular complexity index is 406. The summed E-state index contributed by atoms with van der Waals surface area (Å²) >= 11 is 2.91. The number of ether oxygens (including phenoxy) is 2. The molecule has 0 fully saturated rings. The second-order valence-corrected chi connectivity index (χ2v) is 3.99. The van der Waals surface area contributed by atoms with Gasteiger partial charge in [0, 0.05) is 29.0 Å². The fourth-order valence-corrected chi connectivity index (χ4v) is 1.68. The molecule has 0 N–H and O–H groups in total. The van der Waals surface area contributed by atoms with E-state index in [1.807, 2.05) is 13.0 Å². The Hall–Kier alpha value is -1.23. The van der Waals surface area contributed by atoms with Gasteiger partial charge in [-0.1, -0.05) is 0 Å². The zero-order chi connectivity index (χ0) is 12.3. The molecule has 5 heteroatoms. The predicted molar refractivity (Wildman–Crippen MR) is 67.0 cm³/mol. The summed E-state index contributed by atoms with van der Waals surface area (Å²) in [5.74, 6) is 1.31. The standard InChI is InChI=1S/C11H14BrNO3/c1-7-5-8(15-3)6-9(16-4)10(7)13(2)11(12)14/h5-6H,1-4H3. The molecule has 1 aromatic rings. The molecule has 0 aromatic heterocycles. The Balaban J connectivity index is 3.31. The number of methoxy groups -OCH3 is 2. The van der Waals surface area contributed by atoms with E-state index in [1.54, 1.807) is 27.3 Å². The molecule has 0 saturated carbocycles. The van der Waals surface area contributed by atoms with Crippen LogP contribution in [0.4, 0.5) is 10.5 Å². The minimum atomic E-state index is -0.223. The minimum absolute atomic E-state index is 0.223. The molecule has 88 valence electrons. The van der Waals surface area contributed by atoms with Crippen LogP contribution in [0.3, 0.4) is 0 Å². The van der Waals surface area contributed by atoms with Crippen LogP contribution in [0.25, 0.3) is 0 Å². The summed E-state index contributed by atoms with van der Waals surface area (Å²) in [5, 5.41) is 0. The van der Waals surface area contributed by atoms with E-state index in [0.717, 1.165) is 11.3 Å². The van der Waals surface area contributed by atoms with E-state index >= 15 is 0 Å². The van der Waals surface area contributed by atoms with Gasteiger partial charge in [-0.25, -0.2) is 0 Å². The normalized spacial score (nSPS) is 9.81. The summed E-state index contributed by atoms with van der Waals surface area (Å²) in [6.07, 6.45) is 0. The van der Waals surface area contributed by atoms with E-state index < -0.39 is 0 Å². The van der Waals surface area contributed by atoms with Crippen molar-refractivity contribution in [3.8, 4) is 11.5 Å². The zero-order valence-corrected chi connectivity index (χ0v) is 11.3. The van der Waals surface area contributed by atoms with E-state index in [1.165, 1.54) is 4.90 Å². The molecule has 1 amide bonds. The summed E-state index contributed by atoms with van der Waals surface area (Å²) in [6, 6.07) is 3.60. The third kappa shape index (κ3) is 2.47. The van der Waals surface area contributed by atoms with Crippen molar-refractivity contribution in [2.24, 2.45) is 0 Å². The number of hydrogen-bond acceptors (Lipinski definition) is 3. The number of carbonyl (C=O) groups excluding carboxylic acids is 1. The summed E-state index contributed by atoms with van der Waals surface area (Å²) in [7, 11) is 4.83. The minimum Gasteiger partial charge on any atom is -0.497 e. The first-order valence-corrected chi connectivity index (χ1v) is 5.46. The molecule has 4 nitrogen and oxygen atoms in total. The molecule has 0 heterocycles. The molecule has 0 aliphatic rings. The third-order valence-corrected chi connectivity index (χ3v) is 2.83. The fourth-order valence-electron chi connectivity index (χ4n) is 1.51. The van der Waals surface area contributed by atoms with Crippen LogP contribution in [0.1, 0.15) is 5.56 Å². The Morgan fingerprint density at radius 1 is 1.31 bits per heavy atom. The zero-order valence-electron chi connectivity index (χ0n) is 9.70. The Labute approximate surface area is 103 Å². The van der Waals surface area contributed by atoms with Gasteiger partial charge in [0.2, 0.25) is 0 Å². The highest BCUT2D eigenvalue weighted by atomic mass is 79.9. The Morgan fingerprint density at radius 3 is 2.38 bits per heavy atom. The number of halogens is 1. The number of amides is 1. The molecule has 0 radical (unpaired) electrons. The van der Waals surface area contributed by atoms with Crippen LogP contribution in [0.15, 0.2) is 12.1 Å². The molecule has 0 bridgehead atoms. The van der Waals surface area contributed by atoms with Crippen LogP contribution < -0.4 is 14.4 Å². The van der Waals surface area contributed by atoms with Gasteiger partial charge in [-0.3, -0.25) is 4.79 Å². The van der Waals surface area contributed by atoms with Crippen molar-refractivity contribution in [2.45, 2.75) is 6.92 Å². The summed E-state index contributed by atoms with van der Waals surface area (Å²) in [6.45, 7) is 1.90. The predicted octanol–water partition coefficient (Wildman–Crippen LogP) is 2.96. The van der Waals surface area contributed by atoms with Gasteiger partial charge in [-0.15, -0.1) is 0 Å². The number of aryl methyl sites for hydroxylation is 1. The third-order valence-electron chi connectivity index (χ3n) is 2.29. The molecule has 0 aliphatic carbocycles. The maximum atomic E-state index is 11.3. The van der Waals surface area contributed by atoms with Crippen molar-refractivity contribution in [1.29, 1.82) is 0 Å². The SMILES string of the molecule is COc1cc(C)c(N(C)C(=O)Br)c(OC)c1. The maximum Gasteiger partial charge on any atom is 0.293 e. The quantitative estimate of drug-likeness (QED) is 0.634. The van der Waals surface area contributed by atoms with Crippen molar-refractivity contribution in [2.75, 3.05) is 26.2 Å². The number of anilines is 1. The van der Waals surface area contributed by atoms with Crippen molar-refractivity contribution in [3.63, 3.8) is 0 Å². The second kappa shape index (κ2) is 5.21. The highest BCUT2D eigenvalue weighted by molar-refractivity contribution is 9.18. The van der Waals surface area contributed by atoms with E-state index in [2.05, 4.69) is 15.9 Å². The van der Waals surface area contributed by atoms with Gasteiger partial charge in [-0.05, 0) is 18.6 Å². The summed E-state index contributed by atoms with van der Waals surface area (Å²) in [5.41, 5.74) is 1.64. The van der Waals surface area contributed by atoms with E-state index in [-0.39, 0.29) is 4.82 Å². The number of carbonyl (C=O) groups is 1. The molecule has 1 rings (SSSR count). The van der Waals surface area contributed by atoms with Crippen LogP contribution in [0, 0.1) is 6.92 Å². The van der Waals surface area contributed by atoms with Gasteiger partial charge in [0.15, 0.2) is 0 Å². The van der Waals surface area contributed by atoms with Gasteiger partial charge in [-0.2, -0.15) is 0 Å². The number of rotatable bonds is 3. The maximum absolute atomic E-state index is 11.3. The van der Waals surface area contributed by atoms with Gasteiger partial charge in [0.25, 0.3) is 4.82 Å². The van der Waals surface area contributed by atoms with E-state index in [4.69, 9.17) is 9.47 Å². The lowest BCUT2D eigenvalue weighted by molar-refractivity contribution is 0.266. The van der Waals surface area contributed by atoms with Crippen molar-refractivity contribution < 1.29 is 14.3 Å². The lowest BCUT2D eigenvalue weighted by Gasteiger charge is -2.20. The Morgan fingerprint density at radius 2 is 1.94 bits per heavy atom. The molecule has 1 aromatic carbocycles. The van der Waals surface area contributed by atoms with Crippen LogP contribution in [-0.4, -0.2) is 26.1 Å². The molecular weight excluding hydrogens is 274 g/mol.